The number of allylic oxidation sites excluding steroid dienone is 2. The van der Waals surface area contributed by atoms with Crippen LogP contribution in [0.15, 0.2) is 77.2 Å². The first kappa shape index (κ1) is 15.5. The Hall–Kier alpha value is -2.04. The van der Waals surface area contributed by atoms with E-state index in [1.165, 1.54) is 23.4 Å². The number of hydrogen-bond donors (Lipinski definition) is 0. The highest BCUT2D eigenvalue weighted by atomic mass is 35.7. The molecule has 5 heteroatoms. The van der Waals surface area contributed by atoms with Crippen molar-refractivity contribution in [2.24, 2.45) is 5.92 Å². The van der Waals surface area contributed by atoms with Crippen LogP contribution in [0.1, 0.15) is 0 Å². The number of anilines is 1. The number of benzene rings is 2. The summed E-state index contributed by atoms with van der Waals surface area (Å²) in [6.45, 7) is 2.02. The summed E-state index contributed by atoms with van der Waals surface area (Å²) in [5.41, 5.74) is 4.71. The zero-order valence-electron chi connectivity index (χ0n) is 12.9. The molecule has 0 saturated carbocycles. The summed E-state index contributed by atoms with van der Waals surface area (Å²) in [6, 6.07) is 15.0. The van der Waals surface area contributed by atoms with Crippen molar-refractivity contribution in [1.29, 1.82) is 0 Å². The summed E-state index contributed by atoms with van der Waals surface area (Å²) >= 11 is 0. The van der Waals surface area contributed by atoms with Gasteiger partial charge in [0.15, 0.2) is 0 Å². The minimum absolute atomic E-state index is 0.120. The average molecular weight is 358 g/mol. The second kappa shape index (κ2) is 5.80. The summed E-state index contributed by atoms with van der Waals surface area (Å²) in [5, 5.41) is 0. The molecule has 0 aromatic heterocycles. The maximum atomic E-state index is 11.3. The van der Waals surface area contributed by atoms with E-state index in [9.17, 15) is 8.42 Å². The number of halogens is 1. The molecule has 2 aliphatic rings. The molecular weight excluding hydrogens is 342 g/mol. The quantitative estimate of drug-likeness (QED) is 0.772. The molecule has 1 aliphatic carbocycles. The Morgan fingerprint density at radius 3 is 2.17 bits per heavy atom. The van der Waals surface area contributed by atoms with Gasteiger partial charge in [-0.15, -0.1) is 0 Å². The van der Waals surface area contributed by atoms with Gasteiger partial charge in [0, 0.05) is 35.4 Å². The van der Waals surface area contributed by atoms with Crippen LogP contribution in [0, 0.1) is 5.92 Å². The fraction of sp³-hybridized carbons (Fsp3) is 0.158. The van der Waals surface area contributed by atoms with E-state index in [1.54, 1.807) is 12.1 Å². The third kappa shape index (κ3) is 2.87. The summed E-state index contributed by atoms with van der Waals surface area (Å²) in [4.78, 5) is 2.50. The lowest BCUT2D eigenvalue weighted by Crippen LogP contribution is -2.19. The van der Waals surface area contributed by atoms with Crippen LogP contribution < -0.4 is 4.90 Å². The summed E-state index contributed by atoms with van der Waals surface area (Å²) in [5.74, 6) is 0.565. The van der Waals surface area contributed by atoms with Crippen molar-refractivity contribution in [3.05, 3.63) is 72.3 Å². The van der Waals surface area contributed by atoms with Crippen molar-refractivity contribution >= 4 is 25.4 Å². The maximum Gasteiger partial charge on any atom is 0.261 e. The standard InChI is InChI=1S/C19H16ClNO2S/c20-24(22,23)19-10-6-15(7-11-19)14-4-8-18(9-5-14)21-12-16-2-1-3-17(16)13-21/h1-11,16H,12-13H2. The van der Waals surface area contributed by atoms with Gasteiger partial charge in [-0.25, -0.2) is 8.42 Å². The SMILES string of the molecule is O=S(=O)(Cl)c1ccc(-c2ccc(N3CC4=CC=CC4C3)cc2)cc1. The first-order valence-corrected chi connectivity index (χ1v) is 10.1. The Morgan fingerprint density at radius 2 is 1.58 bits per heavy atom. The zero-order valence-corrected chi connectivity index (χ0v) is 14.5. The molecule has 1 unspecified atom stereocenters. The van der Waals surface area contributed by atoms with Crippen molar-refractivity contribution in [3.8, 4) is 11.1 Å². The van der Waals surface area contributed by atoms with Crippen molar-refractivity contribution in [3.63, 3.8) is 0 Å². The molecule has 1 fully saturated rings. The molecule has 1 aliphatic heterocycles. The van der Waals surface area contributed by atoms with Crippen molar-refractivity contribution in [1.82, 2.24) is 0 Å². The molecule has 2 aromatic carbocycles. The molecule has 1 atom stereocenters. The molecule has 0 amide bonds. The summed E-state index contributed by atoms with van der Waals surface area (Å²) in [6.07, 6.45) is 6.62. The van der Waals surface area contributed by atoms with Gasteiger partial charge in [0.2, 0.25) is 0 Å². The molecule has 122 valence electrons. The summed E-state index contributed by atoms with van der Waals surface area (Å²) < 4.78 is 22.6. The highest BCUT2D eigenvalue weighted by molar-refractivity contribution is 8.13. The number of rotatable bonds is 3. The lowest BCUT2D eigenvalue weighted by atomic mass is 10.1. The van der Waals surface area contributed by atoms with E-state index in [4.69, 9.17) is 10.7 Å². The minimum atomic E-state index is -3.67. The highest BCUT2D eigenvalue weighted by Gasteiger charge is 2.27. The van der Waals surface area contributed by atoms with E-state index in [0.29, 0.717) is 5.92 Å². The Kier molecular flexibility index (Phi) is 3.74. The largest absolute Gasteiger partial charge is 0.367 e. The number of fused-ring (bicyclic) bond motifs is 1. The smallest absolute Gasteiger partial charge is 0.261 e. The van der Waals surface area contributed by atoms with Crippen LogP contribution in [-0.4, -0.2) is 21.5 Å². The molecule has 0 bridgehead atoms. The molecule has 0 radical (unpaired) electrons. The zero-order chi connectivity index (χ0) is 16.7. The molecule has 24 heavy (non-hydrogen) atoms. The number of nitrogens with zero attached hydrogens (tertiary/aromatic N) is 1. The fourth-order valence-corrected chi connectivity index (χ4v) is 4.07. The maximum absolute atomic E-state index is 11.3. The molecule has 0 spiro atoms. The molecule has 0 N–H and O–H groups in total. The van der Waals surface area contributed by atoms with E-state index in [-0.39, 0.29) is 4.90 Å². The Morgan fingerprint density at radius 1 is 0.958 bits per heavy atom. The Labute approximate surface area is 146 Å². The van der Waals surface area contributed by atoms with Crippen LogP contribution in [0.3, 0.4) is 0 Å². The van der Waals surface area contributed by atoms with Gasteiger partial charge in [-0.1, -0.05) is 42.5 Å². The molecule has 4 rings (SSSR count). The first-order valence-electron chi connectivity index (χ1n) is 7.78. The van der Waals surface area contributed by atoms with Gasteiger partial charge >= 0.3 is 0 Å². The van der Waals surface area contributed by atoms with E-state index in [0.717, 1.165) is 24.2 Å². The molecule has 3 nitrogen and oxygen atoms in total. The van der Waals surface area contributed by atoms with Gasteiger partial charge in [-0.05, 0) is 41.0 Å². The second-order valence-electron chi connectivity index (χ2n) is 6.12. The van der Waals surface area contributed by atoms with Crippen molar-refractivity contribution < 1.29 is 8.42 Å². The van der Waals surface area contributed by atoms with Crippen LogP contribution in [0.5, 0.6) is 0 Å². The summed E-state index contributed by atoms with van der Waals surface area (Å²) in [7, 11) is 1.68. The van der Waals surface area contributed by atoms with Gasteiger partial charge in [-0.3, -0.25) is 0 Å². The average Bonchev–Trinajstić information content (AvgIpc) is 3.16. The highest BCUT2D eigenvalue weighted by Crippen LogP contribution is 2.32. The first-order chi connectivity index (χ1) is 11.5. The van der Waals surface area contributed by atoms with Gasteiger partial charge in [0.25, 0.3) is 9.05 Å². The predicted molar refractivity (Wildman–Crippen MR) is 97.8 cm³/mol. The van der Waals surface area contributed by atoms with Gasteiger partial charge < -0.3 is 4.90 Å². The van der Waals surface area contributed by atoms with Crippen LogP contribution >= 0.6 is 10.7 Å². The second-order valence-corrected chi connectivity index (χ2v) is 8.69. The van der Waals surface area contributed by atoms with Crippen LogP contribution in [0.2, 0.25) is 0 Å². The predicted octanol–water partition coefficient (Wildman–Crippen LogP) is 4.21. The minimum Gasteiger partial charge on any atom is -0.367 e. The van der Waals surface area contributed by atoms with E-state index in [1.807, 2.05) is 0 Å². The topological polar surface area (TPSA) is 37.4 Å². The van der Waals surface area contributed by atoms with Crippen molar-refractivity contribution in [2.45, 2.75) is 4.90 Å². The van der Waals surface area contributed by atoms with Gasteiger partial charge in [-0.2, -0.15) is 0 Å². The van der Waals surface area contributed by atoms with Crippen LogP contribution in [-0.2, 0) is 9.05 Å². The van der Waals surface area contributed by atoms with E-state index >= 15 is 0 Å². The van der Waals surface area contributed by atoms with E-state index in [2.05, 4.69) is 47.4 Å². The third-order valence-corrected chi connectivity index (χ3v) is 5.99. The molecule has 1 heterocycles. The molecular formula is C19H16ClNO2S. The third-order valence-electron chi connectivity index (χ3n) is 4.62. The fourth-order valence-electron chi connectivity index (χ4n) is 3.30. The molecule has 1 saturated heterocycles. The van der Waals surface area contributed by atoms with E-state index < -0.39 is 9.05 Å². The number of hydrogen-bond acceptors (Lipinski definition) is 3. The monoisotopic (exact) mass is 357 g/mol. The van der Waals surface area contributed by atoms with Crippen LogP contribution in [0.25, 0.3) is 11.1 Å². The van der Waals surface area contributed by atoms with Crippen molar-refractivity contribution in [2.75, 3.05) is 18.0 Å². The Balaban J connectivity index is 1.54. The van der Waals surface area contributed by atoms with Gasteiger partial charge in [0.05, 0.1) is 4.90 Å². The normalized spacial score (nSPS) is 19.5. The van der Waals surface area contributed by atoms with Gasteiger partial charge in [0.1, 0.15) is 0 Å². The molecule has 2 aromatic rings. The van der Waals surface area contributed by atoms with Crippen LogP contribution in [0.4, 0.5) is 5.69 Å². The lowest BCUT2D eigenvalue weighted by molar-refractivity contribution is 0.609. The lowest BCUT2D eigenvalue weighted by Gasteiger charge is -2.18. The Bertz CT molecular complexity index is 928.